The average Bonchev–Trinajstić information content (AvgIpc) is 2.83. The molecule has 4 heteroatoms. The van der Waals surface area contributed by atoms with E-state index in [-0.39, 0.29) is 11.8 Å². The van der Waals surface area contributed by atoms with E-state index in [2.05, 4.69) is 4.98 Å². The molecular formula is C15H18N2OS. The van der Waals surface area contributed by atoms with Gasteiger partial charge in [-0.1, -0.05) is 18.2 Å². The van der Waals surface area contributed by atoms with E-state index in [1.54, 1.807) is 5.38 Å². The first-order valence-electron chi connectivity index (χ1n) is 6.28. The zero-order valence-corrected chi connectivity index (χ0v) is 12.3. The van der Waals surface area contributed by atoms with E-state index in [1.165, 1.54) is 11.3 Å². The number of benzene rings is 1. The Balaban J connectivity index is 2.21. The number of aromatic nitrogens is 1. The van der Waals surface area contributed by atoms with Crippen molar-refractivity contribution in [1.82, 2.24) is 4.98 Å². The average molecular weight is 274 g/mol. The van der Waals surface area contributed by atoms with Crippen LogP contribution in [-0.2, 0) is 6.42 Å². The lowest BCUT2D eigenvalue weighted by Gasteiger charge is -2.07. The van der Waals surface area contributed by atoms with Gasteiger partial charge in [0.05, 0.1) is 6.04 Å². The van der Waals surface area contributed by atoms with Crippen LogP contribution in [0, 0.1) is 13.8 Å². The predicted octanol–water partition coefficient (Wildman–Crippen LogP) is 3.21. The molecule has 0 spiro atoms. The molecule has 100 valence electrons. The lowest BCUT2D eigenvalue weighted by molar-refractivity contribution is 0.0988. The summed E-state index contributed by atoms with van der Waals surface area (Å²) < 4.78 is 0. The monoisotopic (exact) mass is 274 g/mol. The summed E-state index contributed by atoms with van der Waals surface area (Å²) in [5, 5.41) is 2.61. The summed E-state index contributed by atoms with van der Waals surface area (Å²) in [6.45, 7) is 5.94. The molecule has 0 bridgehead atoms. The Kier molecular flexibility index (Phi) is 4.12. The van der Waals surface area contributed by atoms with Crippen molar-refractivity contribution in [3.8, 4) is 0 Å². The third-order valence-corrected chi connectivity index (χ3v) is 4.22. The lowest BCUT2D eigenvalue weighted by Crippen LogP contribution is -2.09. The van der Waals surface area contributed by atoms with Gasteiger partial charge in [-0.15, -0.1) is 11.3 Å². The van der Waals surface area contributed by atoms with Gasteiger partial charge < -0.3 is 5.73 Å². The maximum atomic E-state index is 12.3. The third-order valence-electron chi connectivity index (χ3n) is 3.18. The minimum Gasteiger partial charge on any atom is -0.322 e. The predicted molar refractivity (Wildman–Crippen MR) is 78.7 cm³/mol. The van der Waals surface area contributed by atoms with Gasteiger partial charge in [0.1, 0.15) is 10.7 Å². The summed E-state index contributed by atoms with van der Waals surface area (Å²) in [5.74, 6) is 0.0561. The Labute approximate surface area is 117 Å². The SMILES string of the molecule is Cc1cccc(C)c1CC(=O)c1csc(C(C)N)n1. The third kappa shape index (κ3) is 3.08. The molecule has 2 N–H and O–H groups in total. The molecular weight excluding hydrogens is 256 g/mol. The first-order valence-corrected chi connectivity index (χ1v) is 7.16. The fraction of sp³-hybridized carbons (Fsp3) is 0.333. The number of nitrogens with zero attached hydrogens (tertiary/aromatic N) is 1. The highest BCUT2D eigenvalue weighted by Crippen LogP contribution is 2.19. The second-order valence-corrected chi connectivity index (χ2v) is 5.72. The summed E-state index contributed by atoms with van der Waals surface area (Å²) in [5.41, 5.74) is 9.69. The first kappa shape index (κ1) is 13.9. The van der Waals surface area contributed by atoms with Crippen LogP contribution in [0.1, 0.15) is 45.2 Å². The van der Waals surface area contributed by atoms with Gasteiger partial charge in [-0.25, -0.2) is 4.98 Å². The van der Waals surface area contributed by atoms with Crippen LogP contribution in [0.15, 0.2) is 23.6 Å². The summed E-state index contributed by atoms with van der Waals surface area (Å²) in [4.78, 5) is 16.6. The molecule has 0 aliphatic carbocycles. The Hall–Kier alpha value is -1.52. The second kappa shape index (κ2) is 5.63. The second-order valence-electron chi connectivity index (χ2n) is 4.83. The van der Waals surface area contributed by atoms with Crippen molar-refractivity contribution in [3.05, 3.63) is 51.0 Å². The van der Waals surface area contributed by atoms with Crippen LogP contribution in [0.3, 0.4) is 0 Å². The first-order chi connectivity index (χ1) is 8.99. The number of carbonyl (C=O) groups is 1. The Bertz CT molecular complexity index is 582. The van der Waals surface area contributed by atoms with Crippen molar-refractivity contribution in [2.75, 3.05) is 0 Å². The summed E-state index contributed by atoms with van der Waals surface area (Å²) in [6, 6.07) is 5.95. The quantitative estimate of drug-likeness (QED) is 0.871. The highest BCUT2D eigenvalue weighted by atomic mass is 32.1. The van der Waals surface area contributed by atoms with Crippen LogP contribution in [0.4, 0.5) is 0 Å². The van der Waals surface area contributed by atoms with Gasteiger partial charge in [0.25, 0.3) is 0 Å². The molecule has 2 rings (SSSR count). The molecule has 1 unspecified atom stereocenters. The van der Waals surface area contributed by atoms with Gasteiger partial charge >= 0.3 is 0 Å². The van der Waals surface area contributed by atoms with Crippen LogP contribution in [0.25, 0.3) is 0 Å². The van der Waals surface area contributed by atoms with Crippen molar-refractivity contribution in [2.24, 2.45) is 5.73 Å². The van der Waals surface area contributed by atoms with Crippen LogP contribution < -0.4 is 5.73 Å². The van der Waals surface area contributed by atoms with Crippen molar-refractivity contribution in [1.29, 1.82) is 0 Å². The summed E-state index contributed by atoms with van der Waals surface area (Å²) >= 11 is 1.45. The molecule has 0 amide bonds. The van der Waals surface area contributed by atoms with E-state index >= 15 is 0 Å². The number of Topliss-reactive ketones (excluding diaryl/α,β-unsaturated/α-hetero) is 1. The van der Waals surface area contributed by atoms with E-state index < -0.39 is 0 Å². The van der Waals surface area contributed by atoms with E-state index in [0.717, 1.165) is 21.7 Å². The van der Waals surface area contributed by atoms with Crippen LogP contribution >= 0.6 is 11.3 Å². The smallest absolute Gasteiger partial charge is 0.186 e. The van der Waals surface area contributed by atoms with Crippen LogP contribution in [-0.4, -0.2) is 10.8 Å². The molecule has 1 atom stereocenters. The largest absolute Gasteiger partial charge is 0.322 e. The van der Waals surface area contributed by atoms with E-state index in [9.17, 15) is 4.79 Å². The fourth-order valence-electron chi connectivity index (χ4n) is 2.00. The van der Waals surface area contributed by atoms with E-state index in [1.807, 2.05) is 39.0 Å². The minimum atomic E-state index is -0.119. The normalized spacial score (nSPS) is 12.4. The molecule has 1 aromatic carbocycles. The minimum absolute atomic E-state index is 0.0561. The topological polar surface area (TPSA) is 56.0 Å². The molecule has 19 heavy (non-hydrogen) atoms. The highest BCUT2D eigenvalue weighted by Gasteiger charge is 2.15. The van der Waals surface area contributed by atoms with Crippen LogP contribution in [0.5, 0.6) is 0 Å². The van der Waals surface area contributed by atoms with Crippen molar-refractivity contribution in [2.45, 2.75) is 33.2 Å². The number of carbonyl (C=O) groups excluding carboxylic acids is 1. The molecule has 3 nitrogen and oxygen atoms in total. The summed E-state index contributed by atoms with van der Waals surface area (Å²) in [6.07, 6.45) is 0.403. The van der Waals surface area contributed by atoms with Gasteiger partial charge in [0.2, 0.25) is 0 Å². The van der Waals surface area contributed by atoms with Gasteiger partial charge in [-0.3, -0.25) is 4.79 Å². The van der Waals surface area contributed by atoms with Gasteiger partial charge in [0.15, 0.2) is 5.78 Å². The fourth-order valence-corrected chi connectivity index (χ4v) is 2.79. The number of hydrogen-bond donors (Lipinski definition) is 1. The van der Waals surface area contributed by atoms with Crippen molar-refractivity contribution in [3.63, 3.8) is 0 Å². The van der Waals surface area contributed by atoms with E-state index in [4.69, 9.17) is 5.73 Å². The molecule has 1 aromatic heterocycles. The Morgan fingerprint density at radius 3 is 2.53 bits per heavy atom. The van der Waals surface area contributed by atoms with Crippen LogP contribution in [0.2, 0.25) is 0 Å². The molecule has 0 saturated carbocycles. The van der Waals surface area contributed by atoms with Gasteiger partial charge in [-0.2, -0.15) is 0 Å². The number of ketones is 1. The number of aryl methyl sites for hydroxylation is 2. The Morgan fingerprint density at radius 1 is 1.37 bits per heavy atom. The standard InChI is InChI=1S/C15H18N2OS/c1-9-5-4-6-10(2)12(9)7-14(18)13-8-19-15(17-13)11(3)16/h4-6,8,11H,7,16H2,1-3H3. The molecule has 0 radical (unpaired) electrons. The Morgan fingerprint density at radius 2 is 2.00 bits per heavy atom. The number of thiazole rings is 1. The molecule has 2 aromatic rings. The van der Waals surface area contributed by atoms with Gasteiger partial charge in [-0.05, 0) is 37.5 Å². The molecule has 1 heterocycles. The molecule has 0 aliphatic heterocycles. The number of rotatable bonds is 4. The van der Waals surface area contributed by atoms with Crippen molar-refractivity contribution >= 4 is 17.1 Å². The maximum absolute atomic E-state index is 12.3. The molecule has 0 saturated heterocycles. The van der Waals surface area contributed by atoms with Gasteiger partial charge in [0, 0.05) is 11.8 Å². The number of nitrogens with two attached hydrogens (primary N) is 1. The lowest BCUT2D eigenvalue weighted by atomic mass is 9.97. The van der Waals surface area contributed by atoms with E-state index in [0.29, 0.717) is 12.1 Å². The maximum Gasteiger partial charge on any atom is 0.186 e. The number of hydrogen-bond acceptors (Lipinski definition) is 4. The summed E-state index contributed by atoms with van der Waals surface area (Å²) in [7, 11) is 0. The zero-order chi connectivity index (χ0) is 14.0. The molecule has 0 aliphatic rings. The molecule has 0 fully saturated rings. The zero-order valence-electron chi connectivity index (χ0n) is 11.4. The van der Waals surface area contributed by atoms with Crippen molar-refractivity contribution < 1.29 is 4.79 Å². The highest BCUT2D eigenvalue weighted by molar-refractivity contribution is 7.09.